The molecular formula is C25H29N3O6. The second-order valence-corrected chi connectivity index (χ2v) is 8.22. The van der Waals surface area contributed by atoms with Crippen molar-refractivity contribution in [2.24, 2.45) is 5.92 Å². The molecule has 4 N–H and O–H groups in total. The van der Waals surface area contributed by atoms with Crippen LogP contribution in [-0.2, 0) is 19.1 Å². The largest absolute Gasteiger partial charge is 0.480 e. The fourth-order valence-corrected chi connectivity index (χ4v) is 3.98. The van der Waals surface area contributed by atoms with Gasteiger partial charge in [-0.05, 0) is 28.2 Å². The van der Waals surface area contributed by atoms with Crippen LogP contribution >= 0.6 is 0 Å². The van der Waals surface area contributed by atoms with Crippen molar-refractivity contribution in [3.05, 3.63) is 59.7 Å². The Morgan fingerprint density at radius 2 is 1.53 bits per heavy atom. The van der Waals surface area contributed by atoms with Gasteiger partial charge in [0.2, 0.25) is 11.8 Å². The van der Waals surface area contributed by atoms with Crippen LogP contribution in [0.15, 0.2) is 48.5 Å². The summed E-state index contributed by atoms with van der Waals surface area (Å²) < 4.78 is 5.53. The van der Waals surface area contributed by atoms with Gasteiger partial charge in [0.1, 0.15) is 19.2 Å². The van der Waals surface area contributed by atoms with E-state index in [0.717, 1.165) is 22.3 Å². The summed E-state index contributed by atoms with van der Waals surface area (Å²) in [6, 6.07) is 15.1. The summed E-state index contributed by atoms with van der Waals surface area (Å²) in [6.07, 6.45) is -0.120. The molecule has 1 aliphatic rings. The van der Waals surface area contributed by atoms with Gasteiger partial charge in [-0.3, -0.25) is 14.4 Å². The minimum atomic E-state index is -1.19. The van der Waals surface area contributed by atoms with Crippen molar-refractivity contribution in [3.8, 4) is 11.1 Å². The molecule has 2 aromatic carbocycles. The topological polar surface area (TPSA) is 134 Å². The Morgan fingerprint density at radius 3 is 2.09 bits per heavy atom. The molecule has 180 valence electrons. The van der Waals surface area contributed by atoms with Crippen LogP contribution in [0.2, 0.25) is 0 Å². The van der Waals surface area contributed by atoms with Crippen LogP contribution < -0.4 is 16.0 Å². The van der Waals surface area contributed by atoms with Crippen molar-refractivity contribution in [1.29, 1.82) is 0 Å². The fraction of sp³-hybridized carbons (Fsp3) is 0.360. The lowest BCUT2D eigenvalue weighted by Gasteiger charge is -2.23. The SMILES string of the molecule is CCC(C)C(NC(=O)OCC1c2ccccc2-c2ccccc21)C(=O)NCC(=O)NCC(=O)O. The van der Waals surface area contributed by atoms with Crippen LogP contribution in [-0.4, -0.2) is 54.7 Å². The second-order valence-electron chi connectivity index (χ2n) is 8.22. The molecule has 34 heavy (non-hydrogen) atoms. The van der Waals surface area contributed by atoms with Crippen molar-refractivity contribution in [2.75, 3.05) is 19.7 Å². The van der Waals surface area contributed by atoms with Gasteiger partial charge in [0, 0.05) is 5.92 Å². The number of nitrogens with one attached hydrogen (secondary N) is 3. The normalized spacial score (nSPS) is 13.7. The molecule has 3 rings (SSSR count). The van der Waals surface area contributed by atoms with E-state index in [1.54, 1.807) is 6.92 Å². The van der Waals surface area contributed by atoms with Gasteiger partial charge in [-0.15, -0.1) is 0 Å². The third-order valence-corrected chi connectivity index (χ3v) is 5.97. The van der Waals surface area contributed by atoms with E-state index in [4.69, 9.17) is 9.84 Å². The highest BCUT2D eigenvalue weighted by Crippen LogP contribution is 2.44. The molecule has 9 heteroatoms. The highest BCUT2D eigenvalue weighted by atomic mass is 16.5. The highest BCUT2D eigenvalue weighted by Gasteiger charge is 2.31. The summed E-state index contributed by atoms with van der Waals surface area (Å²) in [7, 11) is 0. The second kappa shape index (κ2) is 11.3. The van der Waals surface area contributed by atoms with Crippen molar-refractivity contribution in [1.82, 2.24) is 16.0 Å². The fourth-order valence-electron chi connectivity index (χ4n) is 3.98. The molecule has 0 spiro atoms. The molecular weight excluding hydrogens is 438 g/mol. The zero-order valence-electron chi connectivity index (χ0n) is 19.2. The number of rotatable bonds is 10. The van der Waals surface area contributed by atoms with Gasteiger partial charge in [-0.1, -0.05) is 68.8 Å². The molecule has 3 amide bonds. The standard InChI is InChI=1S/C25H29N3O6/c1-3-15(2)23(24(32)27-12-21(29)26-13-22(30)31)28-25(33)34-14-20-18-10-6-4-8-16(18)17-9-5-7-11-19(17)20/h4-11,15,20,23H,3,12-14H2,1-2H3,(H,26,29)(H,27,32)(H,28,33)(H,30,31). The van der Waals surface area contributed by atoms with E-state index in [-0.39, 0.29) is 18.4 Å². The quantitative estimate of drug-likeness (QED) is 0.424. The number of hydrogen-bond donors (Lipinski definition) is 4. The summed E-state index contributed by atoms with van der Waals surface area (Å²) in [5, 5.41) is 15.8. The highest BCUT2D eigenvalue weighted by molar-refractivity contribution is 5.90. The summed E-state index contributed by atoms with van der Waals surface area (Å²) >= 11 is 0. The number of benzene rings is 2. The minimum Gasteiger partial charge on any atom is -0.480 e. The lowest BCUT2D eigenvalue weighted by molar-refractivity contribution is -0.137. The average molecular weight is 468 g/mol. The maximum atomic E-state index is 12.6. The van der Waals surface area contributed by atoms with Gasteiger partial charge < -0.3 is 25.8 Å². The molecule has 0 aliphatic heterocycles. The van der Waals surface area contributed by atoms with Crippen molar-refractivity contribution in [3.63, 3.8) is 0 Å². The van der Waals surface area contributed by atoms with Gasteiger partial charge in [-0.25, -0.2) is 4.79 Å². The number of carbonyl (C=O) groups is 4. The molecule has 0 heterocycles. The van der Waals surface area contributed by atoms with Crippen molar-refractivity contribution in [2.45, 2.75) is 32.2 Å². The van der Waals surface area contributed by atoms with Crippen LogP contribution in [0.4, 0.5) is 4.79 Å². The van der Waals surface area contributed by atoms with Crippen molar-refractivity contribution < 1.29 is 29.0 Å². The van der Waals surface area contributed by atoms with E-state index < -0.39 is 43.0 Å². The molecule has 2 aromatic rings. The predicted molar refractivity (Wildman–Crippen MR) is 125 cm³/mol. The Kier molecular flexibility index (Phi) is 8.24. The Balaban J connectivity index is 1.60. The number of carboxylic acids is 1. The van der Waals surface area contributed by atoms with Crippen LogP contribution in [0.1, 0.15) is 37.3 Å². The zero-order chi connectivity index (χ0) is 24.7. The molecule has 0 bridgehead atoms. The molecule has 0 saturated carbocycles. The van der Waals surface area contributed by atoms with E-state index in [2.05, 4.69) is 16.0 Å². The third-order valence-electron chi connectivity index (χ3n) is 5.97. The smallest absolute Gasteiger partial charge is 0.407 e. The Morgan fingerprint density at radius 1 is 0.941 bits per heavy atom. The van der Waals surface area contributed by atoms with Gasteiger partial charge in [0.15, 0.2) is 0 Å². The summed E-state index contributed by atoms with van der Waals surface area (Å²) in [4.78, 5) is 47.5. The van der Waals surface area contributed by atoms with Crippen LogP contribution in [0, 0.1) is 5.92 Å². The lowest BCUT2D eigenvalue weighted by atomic mass is 9.98. The summed E-state index contributed by atoms with van der Waals surface area (Å²) in [5.41, 5.74) is 4.40. The van der Waals surface area contributed by atoms with E-state index >= 15 is 0 Å². The van der Waals surface area contributed by atoms with Crippen molar-refractivity contribution >= 4 is 23.9 Å². The Bertz CT molecular complexity index is 1020. The lowest BCUT2D eigenvalue weighted by Crippen LogP contribution is -2.52. The van der Waals surface area contributed by atoms with Crippen LogP contribution in [0.25, 0.3) is 11.1 Å². The number of carbonyl (C=O) groups excluding carboxylic acids is 3. The van der Waals surface area contributed by atoms with Crippen LogP contribution in [0.5, 0.6) is 0 Å². The number of ether oxygens (including phenoxy) is 1. The summed E-state index contributed by atoms with van der Waals surface area (Å²) in [6.45, 7) is 2.86. The van der Waals surface area contributed by atoms with Gasteiger partial charge >= 0.3 is 12.1 Å². The molecule has 1 aliphatic carbocycles. The maximum absolute atomic E-state index is 12.6. The number of carboxylic acid groups (broad SMARTS) is 1. The first-order valence-corrected chi connectivity index (χ1v) is 11.2. The molecule has 9 nitrogen and oxygen atoms in total. The van der Waals surface area contributed by atoms with E-state index in [9.17, 15) is 19.2 Å². The van der Waals surface area contributed by atoms with E-state index in [0.29, 0.717) is 6.42 Å². The van der Waals surface area contributed by atoms with E-state index in [1.165, 1.54) is 0 Å². The number of amides is 3. The maximum Gasteiger partial charge on any atom is 0.407 e. The molecule has 0 saturated heterocycles. The van der Waals surface area contributed by atoms with Gasteiger partial charge in [-0.2, -0.15) is 0 Å². The average Bonchev–Trinajstić information content (AvgIpc) is 3.16. The predicted octanol–water partition coefficient (Wildman–Crippen LogP) is 2.26. The molecule has 0 radical (unpaired) electrons. The molecule has 2 unspecified atom stereocenters. The first-order chi connectivity index (χ1) is 16.3. The number of fused-ring (bicyclic) bond motifs is 3. The zero-order valence-corrected chi connectivity index (χ0v) is 19.2. The first kappa shape index (κ1) is 24.8. The number of hydrogen-bond acceptors (Lipinski definition) is 5. The first-order valence-electron chi connectivity index (χ1n) is 11.2. The monoisotopic (exact) mass is 467 g/mol. The molecule has 2 atom stereocenters. The Hall–Kier alpha value is -3.88. The molecule has 0 aromatic heterocycles. The minimum absolute atomic E-state index is 0.105. The Labute approximate surface area is 197 Å². The summed E-state index contributed by atoms with van der Waals surface area (Å²) in [5.74, 6) is -2.70. The molecule has 0 fully saturated rings. The number of alkyl carbamates (subject to hydrolysis) is 1. The number of aliphatic carboxylic acids is 1. The van der Waals surface area contributed by atoms with Gasteiger partial charge in [0.05, 0.1) is 6.54 Å². The van der Waals surface area contributed by atoms with E-state index in [1.807, 2.05) is 55.5 Å². The van der Waals surface area contributed by atoms with Crippen LogP contribution in [0.3, 0.4) is 0 Å². The van der Waals surface area contributed by atoms with Gasteiger partial charge in [0.25, 0.3) is 0 Å². The third kappa shape index (κ3) is 5.92.